The average molecular weight is 485 g/mol. The smallest absolute Gasteiger partial charge is 0.341 e. The molecule has 0 saturated carbocycles. The molecule has 3 rings (SSSR count). The molecule has 0 spiro atoms. The number of benzene rings is 2. The fourth-order valence-corrected chi connectivity index (χ4v) is 4.19. The zero-order valence-electron chi connectivity index (χ0n) is 16.7. The first-order chi connectivity index (χ1) is 14.6. The molecule has 3 aromatic rings. The first-order valence-corrected chi connectivity index (χ1v) is 10.2. The Bertz CT molecular complexity index is 1250. The highest BCUT2D eigenvalue weighted by Crippen LogP contribution is 2.36. The van der Waals surface area contributed by atoms with E-state index < -0.39 is 22.8 Å². The summed E-state index contributed by atoms with van der Waals surface area (Å²) in [5.41, 5.74) is -0.00857. The molecular weight excluding hydrogens is 468 g/mol. The third-order valence-corrected chi connectivity index (χ3v) is 5.96. The number of carboxylic acids is 1. The fourth-order valence-electron chi connectivity index (χ4n) is 3.61. The first kappa shape index (κ1) is 23.1. The number of nitrogens with zero attached hydrogens (tertiary/aromatic N) is 1. The second kappa shape index (κ2) is 8.91. The molecule has 0 amide bonds. The van der Waals surface area contributed by atoms with Gasteiger partial charge in [-0.3, -0.25) is 4.79 Å². The highest BCUT2D eigenvalue weighted by molar-refractivity contribution is 6.42. The number of carboxylic acid groups (broad SMARTS) is 1. The van der Waals surface area contributed by atoms with Crippen LogP contribution in [-0.2, 0) is 6.54 Å². The number of methoxy groups -OCH3 is 1. The van der Waals surface area contributed by atoms with E-state index in [0.717, 1.165) is 6.07 Å². The van der Waals surface area contributed by atoms with Crippen molar-refractivity contribution in [2.45, 2.75) is 20.4 Å². The van der Waals surface area contributed by atoms with E-state index in [9.17, 15) is 19.1 Å². The molecule has 0 aliphatic carbocycles. The molecule has 0 radical (unpaired) electrons. The van der Waals surface area contributed by atoms with Crippen LogP contribution in [0.25, 0.3) is 22.4 Å². The fraction of sp³-hybridized carbons (Fsp3) is 0.182. The van der Waals surface area contributed by atoms with E-state index in [0.29, 0.717) is 22.8 Å². The quantitative estimate of drug-likeness (QED) is 0.460. The van der Waals surface area contributed by atoms with E-state index in [-0.39, 0.29) is 32.6 Å². The van der Waals surface area contributed by atoms with E-state index in [2.05, 4.69) is 0 Å². The molecule has 0 fully saturated rings. The predicted octanol–water partition coefficient (Wildman–Crippen LogP) is 6.32. The Balaban J connectivity index is 2.45. The average Bonchev–Trinajstić information content (AvgIpc) is 2.69. The summed E-state index contributed by atoms with van der Waals surface area (Å²) in [5.74, 6) is -2.35. The monoisotopic (exact) mass is 483 g/mol. The maximum Gasteiger partial charge on any atom is 0.341 e. The van der Waals surface area contributed by atoms with Crippen LogP contribution in [0.1, 0.15) is 23.0 Å². The lowest BCUT2D eigenvalue weighted by atomic mass is 9.96. The Morgan fingerprint density at radius 2 is 1.74 bits per heavy atom. The summed E-state index contributed by atoms with van der Waals surface area (Å²) in [6, 6.07) is 7.08. The van der Waals surface area contributed by atoms with Gasteiger partial charge in [0.25, 0.3) is 0 Å². The number of pyridine rings is 1. The Kier molecular flexibility index (Phi) is 6.65. The summed E-state index contributed by atoms with van der Waals surface area (Å²) in [7, 11) is 1.27. The van der Waals surface area contributed by atoms with Crippen molar-refractivity contribution in [1.82, 2.24) is 4.57 Å². The zero-order valence-corrected chi connectivity index (χ0v) is 19.0. The molecule has 0 atom stereocenters. The van der Waals surface area contributed by atoms with Crippen molar-refractivity contribution in [3.63, 3.8) is 0 Å². The number of aromatic carboxylic acids is 1. The Morgan fingerprint density at radius 1 is 1.10 bits per heavy atom. The minimum absolute atomic E-state index is 0.0338. The lowest BCUT2D eigenvalue weighted by molar-refractivity contribution is 0.0695. The Labute approximate surface area is 192 Å². The summed E-state index contributed by atoms with van der Waals surface area (Å²) in [5, 5.41) is 10.4. The van der Waals surface area contributed by atoms with Crippen molar-refractivity contribution in [2.24, 2.45) is 0 Å². The third kappa shape index (κ3) is 4.03. The summed E-state index contributed by atoms with van der Waals surface area (Å²) in [6.07, 6.45) is 0. The summed E-state index contributed by atoms with van der Waals surface area (Å²) < 4.78 is 21.1. The number of rotatable bonds is 5. The summed E-state index contributed by atoms with van der Waals surface area (Å²) in [4.78, 5) is 25.5. The number of halogens is 4. The van der Waals surface area contributed by atoms with E-state index in [1.807, 2.05) is 0 Å². The predicted molar refractivity (Wildman–Crippen MR) is 120 cm³/mol. The molecule has 1 N–H and O–H groups in total. The normalized spacial score (nSPS) is 10.9. The lowest BCUT2D eigenvalue weighted by Crippen LogP contribution is -2.25. The molecule has 0 bridgehead atoms. The molecule has 5 nitrogen and oxygen atoms in total. The number of aromatic nitrogens is 1. The zero-order chi connectivity index (χ0) is 23.0. The highest BCUT2D eigenvalue weighted by Gasteiger charge is 2.26. The van der Waals surface area contributed by atoms with E-state index in [4.69, 9.17) is 39.5 Å². The van der Waals surface area contributed by atoms with Crippen LogP contribution in [0.15, 0.2) is 35.1 Å². The summed E-state index contributed by atoms with van der Waals surface area (Å²) in [6.45, 7) is 3.79. The second-order valence-corrected chi connectivity index (χ2v) is 7.89. The van der Waals surface area contributed by atoms with Crippen molar-refractivity contribution in [2.75, 3.05) is 7.11 Å². The Hall–Kier alpha value is -2.54. The van der Waals surface area contributed by atoms with Crippen molar-refractivity contribution in [1.29, 1.82) is 0 Å². The van der Waals surface area contributed by atoms with Crippen molar-refractivity contribution in [3.05, 3.63) is 72.7 Å². The minimum Gasteiger partial charge on any atom is -0.492 e. The third-order valence-electron chi connectivity index (χ3n) is 4.94. The molecule has 9 heteroatoms. The van der Waals surface area contributed by atoms with Crippen LogP contribution >= 0.6 is 34.8 Å². The van der Waals surface area contributed by atoms with Gasteiger partial charge in [-0.1, -0.05) is 40.9 Å². The molecule has 2 aromatic carbocycles. The van der Waals surface area contributed by atoms with Gasteiger partial charge in [0.05, 0.1) is 27.9 Å². The van der Waals surface area contributed by atoms with Crippen LogP contribution in [0.3, 0.4) is 0 Å². The molecule has 1 heterocycles. The topological polar surface area (TPSA) is 68.5 Å². The molecule has 31 heavy (non-hydrogen) atoms. The van der Waals surface area contributed by atoms with Crippen molar-refractivity contribution >= 4 is 40.8 Å². The van der Waals surface area contributed by atoms with Crippen LogP contribution < -0.4 is 10.2 Å². The van der Waals surface area contributed by atoms with Crippen molar-refractivity contribution < 1.29 is 19.0 Å². The van der Waals surface area contributed by atoms with Crippen LogP contribution in [0.5, 0.6) is 5.75 Å². The molecule has 0 saturated heterocycles. The van der Waals surface area contributed by atoms with Gasteiger partial charge in [-0.05, 0) is 43.7 Å². The maximum atomic E-state index is 14.5. The van der Waals surface area contributed by atoms with E-state index in [1.165, 1.54) is 25.3 Å². The molecule has 0 aliphatic rings. The molecule has 162 valence electrons. The first-order valence-electron chi connectivity index (χ1n) is 9.11. The largest absolute Gasteiger partial charge is 0.492 e. The summed E-state index contributed by atoms with van der Waals surface area (Å²) >= 11 is 18.2. The number of hydrogen-bond acceptors (Lipinski definition) is 3. The van der Waals surface area contributed by atoms with Gasteiger partial charge in [-0.2, -0.15) is 0 Å². The van der Waals surface area contributed by atoms with Gasteiger partial charge in [0.2, 0.25) is 5.43 Å². The number of carbonyl (C=O) groups is 1. The van der Waals surface area contributed by atoms with Gasteiger partial charge < -0.3 is 14.4 Å². The van der Waals surface area contributed by atoms with Gasteiger partial charge in [0.15, 0.2) is 11.6 Å². The van der Waals surface area contributed by atoms with E-state index in [1.54, 1.807) is 24.5 Å². The van der Waals surface area contributed by atoms with Gasteiger partial charge >= 0.3 is 5.97 Å². The highest BCUT2D eigenvalue weighted by atomic mass is 35.5. The van der Waals surface area contributed by atoms with Crippen LogP contribution in [0, 0.1) is 12.7 Å². The van der Waals surface area contributed by atoms with Crippen molar-refractivity contribution in [3.8, 4) is 28.1 Å². The van der Waals surface area contributed by atoms with Gasteiger partial charge in [0, 0.05) is 23.4 Å². The van der Waals surface area contributed by atoms with Crippen LogP contribution in [-0.4, -0.2) is 22.8 Å². The van der Waals surface area contributed by atoms with Gasteiger partial charge in [-0.15, -0.1) is 0 Å². The van der Waals surface area contributed by atoms with Gasteiger partial charge in [0.1, 0.15) is 5.56 Å². The van der Waals surface area contributed by atoms with Crippen LogP contribution in [0.2, 0.25) is 15.1 Å². The number of ether oxygens (including phenoxy) is 1. The Morgan fingerprint density at radius 3 is 2.26 bits per heavy atom. The molecule has 0 unspecified atom stereocenters. The minimum atomic E-state index is -1.42. The second-order valence-electron chi connectivity index (χ2n) is 6.66. The van der Waals surface area contributed by atoms with E-state index >= 15 is 0 Å². The molecule has 1 aromatic heterocycles. The van der Waals surface area contributed by atoms with Crippen LogP contribution in [0.4, 0.5) is 4.39 Å². The molecular formula is C22H17Cl3FNO4. The SMILES string of the molecule is CCn1c(C)c(-c2cc(F)c(OC)c(Cl)c2)c(=O)c(C(=O)O)c1-c1ccc(Cl)c(Cl)c1. The number of hydrogen-bond donors (Lipinski definition) is 1. The standard InChI is InChI=1S/C22H17Cl3FNO4/c1-4-27-10(2)17(12-8-15(25)21(31-3)16(26)9-12)20(28)18(22(29)30)19(27)11-5-6-13(23)14(24)7-11/h5-9H,4H2,1-3H3,(H,29,30). The lowest BCUT2D eigenvalue weighted by Gasteiger charge is -2.21. The van der Waals surface area contributed by atoms with Gasteiger partial charge in [-0.25, -0.2) is 9.18 Å². The maximum absolute atomic E-state index is 14.5. The molecule has 0 aliphatic heterocycles.